The van der Waals surface area contributed by atoms with E-state index in [1.807, 2.05) is 6.20 Å². The van der Waals surface area contributed by atoms with E-state index in [4.69, 9.17) is 4.98 Å². The minimum absolute atomic E-state index is 0.105. The highest BCUT2D eigenvalue weighted by Crippen LogP contribution is 2.54. The minimum Gasteiger partial charge on any atom is -0.256 e. The third kappa shape index (κ3) is 2.72. The van der Waals surface area contributed by atoms with Crippen molar-refractivity contribution in [3.8, 4) is 22.4 Å². The molecule has 1 nitrogen and oxygen atoms in total. The molecule has 0 amide bonds. The van der Waals surface area contributed by atoms with Gasteiger partial charge in [-0.15, -0.1) is 0 Å². The lowest BCUT2D eigenvalue weighted by atomic mass is 9.81. The van der Waals surface area contributed by atoms with Gasteiger partial charge in [-0.3, -0.25) is 4.98 Å². The Labute approximate surface area is 216 Å². The fraction of sp³-hybridized carbons (Fsp3) is 0.0833. The molecular formula is C36H25N. The Hall–Kier alpha value is -4.49. The van der Waals surface area contributed by atoms with Crippen molar-refractivity contribution >= 4 is 43.1 Å². The van der Waals surface area contributed by atoms with Gasteiger partial charge in [-0.2, -0.15) is 0 Å². The second kappa shape index (κ2) is 7.27. The summed E-state index contributed by atoms with van der Waals surface area (Å²) in [6.07, 6.45) is 1.93. The van der Waals surface area contributed by atoms with Gasteiger partial charge in [0.05, 0.1) is 5.69 Å². The highest BCUT2D eigenvalue weighted by atomic mass is 14.7. The Bertz CT molecular complexity index is 2020. The average Bonchev–Trinajstić information content (AvgIpc) is 3.18. The van der Waals surface area contributed by atoms with Crippen molar-refractivity contribution in [2.75, 3.05) is 0 Å². The first-order chi connectivity index (χ1) is 18.1. The van der Waals surface area contributed by atoms with Gasteiger partial charge in [0.15, 0.2) is 0 Å². The van der Waals surface area contributed by atoms with Gasteiger partial charge in [-0.25, -0.2) is 0 Å². The van der Waals surface area contributed by atoms with Crippen LogP contribution in [0.5, 0.6) is 0 Å². The maximum atomic E-state index is 4.82. The number of rotatable bonds is 1. The summed E-state index contributed by atoms with van der Waals surface area (Å²) in [7, 11) is 0. The van der Waals surface area contributed by atoms with Gasteiger partial charge in [0, 0.05) is 22.6 Å². The SMILES string of the molecule is CC1(C)c2cc(-c3nccc4ccccc34)ccc2-c2c1ccc1c3ccccc3c3ccccc3c21. The second-order valence-electron chi connectivity index (χ2n) is 10.8. The predicted molar refractivity (Wildman–Crippen MR) is 157 cm³/mol. The number of aromatic nitrogens is 1. The van der Waals surface area contributed by atoms with E-state index in [-0.39, 0.29) is 5.41 Å². The maximum Gasteiger partial charge on any atom is 0.0780 e. The molecule has 0 fully saturated rings. The summed E-state index contributed by atoms with van der Waals surface area (Å²) in [5.74, 6) is 0. The van der Waals surface area contributed by atoms with Crippen LogP contribution in [0.4, 0.5) is 0 Å². The molecule has 174 valence electrons. The first-order valence-electron chi connectivity index (χ1n) is 13.0. The summed E-state index contributed by atoms with van der Waals surface area (Å²) in [4.78, 5) is 4.82. The highest BCUT2D eigenvalue weighted by molar-refractivity contribution is 6.29. The molecule has 1 heterocycles. The smallest absolute Gasteiger partial charge is 0.0780 e. The van der Waals surface area contributed by atoms with Crippen LogP contribution in [0, 0.1) is 0 Å². The topological polar surface area (TPSA) is 12.9 Å². The zero-order chi connectivity index (χ0) is 24.7. The van der Waals surface area contributed by atoms with Crippen LogP contribution in [0.25, 0.3) is 65.5 Å². The molecule has 1 aromatic heterocycles. The number of hydrogen-bond donors (Lipinski definition) is 0. The molecule has 1 heteroatoms. The summed E-state index contributed by atoms with van der Waals surface area (Å²) < 4.78 is 0. The molecule has 7 aromatic rings. The van der Waals surface area contributed by atoms with Crippen LogP contribution in [-0.2, 0) is 5.41 Å². The van der Waals surface area contributed by atoms with Gasteiger partial charge < -0.3 is 0 Å². The van der Waals surface area contributed by atoms with Crippen molar-refractivity contribution in [1.29, 1.82) is 0 Å². The minimum atomic E-state index is -0.105. The van der Waals surface area contributed by atoms with Gasteiger partial charge in [0.1, 0.15) is 0 Å². The molecule has 1 aliphatic rings. The van der Waals surface area contributed by atoms with E-state index < -0.39 is 0 Å². The molecule has 0 radical (unpaired) electrons. The van der Waals surface area contributed by atoms with Crippen LogP contribution in [-0.4, -0.2) is 4.98 Å². The lowest BCUT2D eigenvalue weighted by molar-refractivity contribution is 0.661. The van der Waals surface area contributed by atoms with Crippen molar-refractivity contribution < 1.29 is 0 Å². The Morgan fingerprint density at radius 2 is 1.16 bits per heavy atom. The number of hydrogen-bond acceptors (Lipinski definition) is 1. The van der Waals surface area contributed by atoms with E-state index in [9.17, 15) is 0 Å². The first-order valence-corrected chi connectivity index (χ1v) is 13.0. The van der Waals surface area contributed by atoms with Crippen LogP contribution < -0.4 is 0 Å². The average molecular weight is 472 g/mol. The second-order valence-corrected chi connectivity index (χ2v) is 10.8. The van der Waals surface area contributed by atoms with Crippen LogP contribution in [0.15, 0.2) is 115 Å². The van der Waals surface area contributed by atoms with E-state index in [1.165, 1.54) is 70.9 Å². The van der Waals surface area contributed by atoms with Gasteiger partial charge in [0.2, 0.25) is 0 Å². The quantitative estimate of drug-likeness (QED) is 0.217. The van der Waals surface area contributed by atoms with E-state index in [0.717, 1.165) is 5.69 Å². The lowest BCUT2D eigenvalue weighted by Crippen LogP contribution is -2.15. The maximum absolute atomic E-state index is 4.82. The van der Waals surface area contributed by atoms with Crippen LogP contribution in [0.1, 0.15) is 25.0 Å². The van der Waals surface area contributed by atoms with Crippen LogP contribution in [0.3, 0.4) is 0 Å². The molecule has 0 saturated carbocycles. The molecule has 37 heavy (non-hydrogen) atoms. The molecular weight excluding hydrogens is 446 g/mol. The van der Waals surface area contributed by atoms with Crippen LogP contribution in [0.2, 0.25) is 0 Å². The van der Waals surface area contributed by atoms with Crippen molar-refractivity contribution in [2.24, 2.45) is 0 Å². The van der Waals surface area contributed by atoms with E-state index in [0.29, 0.717) is 0 Å². The Morgan fingerprint density at radius 3 is 1.92 bits per heavy atom. The molecule has 1 aliphatic carbocycles. The van der Waals surface area contributed by atoms with Gasteiger partial charge in [-0.05, 0) is 72.1 Å². The van der Waals surface area contributed by atoms with Crippen molar-refractivity contribution in [2.45, 2.75) is 19.3 Å². The lowest BCUT2D eigenvalue weighted by Gasteiger charge is -2.22. The molecule has 0 N–H and O–H groups in total. The summed E-state index contributed by atoms with van der Waals surface area (Å²) in [5.41, 5.74) is 7.63. The molecule has 6 aromatic carbocycles. The third-order valence-corrected chi connectivity index (χ3v) is 8.49. The fourth-order valence-corrected chi connectivity index (χ4v) is 6.72. The van der Waals surface area contributed by atoms with Crippen molar-refractivity contribution in [3.63, 3.8) is 0 Å². The number of fused-ring (bicyclic) bond motifs is 11. The number of pyridine rings is 1. The molecule has 0 atom stereocenters. The molecule has 8 rings (SSSR count). The molecule has 0 aliphatic heterocycles. The standard InChI is InChI=1S/C36H25N/c1-36(2)31-18-17-29-27-13-6-5-11-25(27)26-12-7-8-14-28(26)33(29)34(31)30-16-15-23(21-32(30)36)35-24-10-4-3-9-22(24)19-20-37-35/h3-21H,1-2H3. The monoisotopic (exact) mass is 471 g/mol. The van der Waals surface area contributed by atoms with Crippen LogP contribution >= 0.6 is 0 Å². The highest BCUT2D eigenvalue weighted by Gasteiger charge is 2.37. The Morgan fingerprint density at radius 1 is 0.541 bits per heavy atom. The van der Waals surface area contributed by atoms with E-state index >= 15 is 0 Å². The predicted octanol–water partition coefficient (Wildman–Crippen LogP) is 9.67. The summed E-state index contributed by atoms with van der Waals surface area (Å²) in [6.45, 7) is 4.74. The van der Waals surface area contributed by atoms with Gasteiger partial charge in [0.25, 0.3) is 0 Å². The van der Waals surface area contributed by atoms with Gasteiger partial charge in [-0.1, -0.05) is 111 Å². The number of benzene rings is 6. The summed E-state index contributed by atoms with van der Waals surface area (Å²) in [6, 6.07) is 40.1. The molecule has 0 bridgehead atoms. The molecule has 0 spiro atoms. The normalized spacial score (nSPS) is 13.9. The molecule has 0 saturated heterocycles. The third-order valence-electron chi connectivity index (χ3n) is 8.49. The Balaban J connectivity index is 1.48. The largest absolute Gasteiger partial charge is 0.256 e. The van der Waals surface area contributed by atoms with E-state index in [2.05, 4.69) is 123 Å². The fourth-order valence-electron chi connectivity index (χ4n) is 6.72. The van der Waals surface area contributed by atoms with Crippen molar-refractivity contribution in [3.05, 3.63) is 127 Å². The van der Waals surface area contributed by atoms with Gasteiger partial charge >= 0.3 is 0 Å². The van der Waals surface area contributed by atoms with E-state index in [1.54, 1.807) is 0 Å². The summed E-state index contributed by atoms with van der Waals surface area (Å²) >= 11 is 0. The van der Waals surface area contributed by atoms with Crippen molar-refractivity contribution in [1.82, 2.24) is 4.98 Å². The summed E-state index contributed by atoms with van der Waals surface area (Å²) in [5, 5.41) is 10.4. The Kier molecular flexibility index (Phi) is 4.06. The number of nitrogens with zero attached hydrogens (tertiary/aromatic N) is 1. The zero-order valence-electron chi connectivity index (χ0n) is 20.9. The molecule has 0 unspecified atom stereocenters. The zero-order valence-corrected chi connectivity index (χ0v) is 20.9. The first kappa shape index (κ1) is 20.7.